The van der Waals surface area contributed by atoms with Crippen LogP contribution >= 0.6 is 11.6 Å². The van der Waals surface area contributed by atoms with E-state index in [4.69, 9.17) is 21.1 Å². The Morgan fingerprint density at radius 1 is 1.05 bits per heavy atom. The molecule has 1 atom stereocenters. The molecule has 0 amide bonds. The van der Waals surface area contributed by atoms with Gasteiger partial charge in [0.1, 0.15) is 17.5 Å². The lowest BCUT2D eigenvalue weighted by Gasteiger charge is -2.30. The molecule has 43 heavy (non-hydrogen) atoms. The summed E-state index contributed by atoms with van der Waals surface area (Å²) in [4.78, 5) is 55.2. The van der Waals surface area contributed by atoms with Crippen LogP contribution in [0.15, 0.2) is 77.4 Å². The highest BCUT2D eigenvalue weighted by Crippen LogP contribution is 2.45. The average molecular weight is 608 g/mol. The number of nitrogens with one attached hydrogen (secondary N) is 2. The van der Waals surface area contributed by atoms with E-state index in [0.29, 0.717) is 12.5 Å². The third-order valence-electron chi connectivity index (χ3n) is 6.70. The van der Waals surface area contributed by atoms with Crippen molar-refractivity contribution in [2.45, 2.75) is 26.2 Å². The fraction of sp³-hybridized carbons (Fsp3) is 0.207. The first kappa shape index (κ1) is 30.7. The summed E-state index contributed by atoms with van der Waals surface area (Å²) in [6, 6.07) is 9.41. The quantitative estimate of drug-likeness (QED) is 0.178. The van der Waals surface area contributed by atoms with E-state index < -0.39 is 44.1 Å². The van der Waals surface area contributed by atoms with Crippen LogP contribution in [0, 0.1) is 20.2 Å². The Morgan fingerprint density at radius 3 is 2.30 bits per heavy atom. The number of nitro groups is 2. The zero-order chi connectivity index (χ0) is 31.3. The molecule has 0 saturated heterocycles. The van der Waals surface area contributed by atoms with Crippen LogP contribution in [0.5, 0.6) is 0 Å². The number of nitrogens with zero attached hydrogens (tertiary/aromatic N) is 3. The van der Waals surface area contributed by atoms with Crippen molar-refractivity contribution in [3.8, 4) is 0 Å². The summed E-state index contributed by atoms with van der Waals surface area (Å²) in [6.07, 6.45) is 7.47. The fourth-order valence-electron chi connectivity index (χ4n) is 4.74. The van der Waals surface area contributed by atoms with E-state index >= 15 is 0 Å². The van der Waals surface area contributed by atoms with E-state index in [9.17, 15) is 29.8 Å². The molecule has 13 nitrogen and oxygen atoms in total. The highest BCUT2D eigenvalue weighted by Gasteiger charge is 2.41. The van der Waals surface area contributed by atoms with Gasteiger partial charge in [0.2, 0.25) is 0 Å². The van der Waals surface area contributed by atoms with Crippen molar-refractivity contribution < 1.29 is 28.9 Å². The van der Waals surface area contributed by atoms with E-state index in [1.54, 1.807) is 31.5 Å². The number of rotatable bonds is 10. The van der Waals surface area contributed by atoms with Gasteiger partial charge in [0.25, 0.3) is 11.4 Å². The summed E-state index contributed by atoms with van der Waals surface area (Å²) < 4.78 is 10.4. The van der Waals surface area contributed by atoms with Crippen LogP contribution in [0.3, 0.4) is 0 Å². The maximum atomic E-state index is 13.5. The third-order valence-corrected chi connectivity index (χ3v) is 7.11. The number of dihydropyridines is 1. The van der Waals surface area contributed by atoms with Crippen LogP contribution in [0.2, 0.25) is 5.02 Å². The van der Waals surface area contributed by atoms with E-state index in [1.807, 2.05) is 24.3 Å². The largest absolute Gasteiger partial charge is 0.466 e. The summed E-state index contributed by atoms with van der Waals surface area (Å²) in [5.74, 6) is -2.25. The lowest BCUT2D eigenvalue weighted by Crippen LogP contribution is -2.32. The number of carbonyl (C=O) groups is 2. The number of nitro benzene ring substituents is 2. The van der Waals surface area contributed by atoms with Crippen molar-refractivity contribution in [2.75, 3.05) is 13.7 Å². The normalized spacial score (nSPS) is 14.9. The number of imidazole rings is 1. The number of ether oxygens (including phenoxy) is 2. The molecule has 1 aliphatic heterocycles. The molecule has 4 rings (SSSR count). The van der Waals surface area contributed by atoms with Gasteiger partial charge in [-0.15, -0.1) is 0 Å². The minimum absolute atomic E-state index is 0.109. The van der Waals surface area contributed by atoms with Gasteiger partial charge < -0.3 is 19.8 Å². The summed E-state index contributed by atoms with van der Waals surface area (Å²) in [7, 11) is 1.12. The molecule has 1 aliphatic rings. The summed E-state index contributed by atoms with van der Waals surface area (Å²) in [6.45, 7) is 2.92. The number of aromatic amines is 1. The van der Waals surface area contributed by atoms with Crippen molar-refractivity contribution in [1.82, 2.24) is 15.3 Å². The lowest BCUT2D eigenvalue weighted by molar-refractivity contribution is -0.394. The first-order valence-corrected chi connectivity index (χ1v) is 13.2. The molecule has 1 unspecified atom stereocenters. The maximum Gasteiger partial charge on any atom is 0.337 e. The highest BCUT2D eigenvalue weighted by atomic mass is 35.5. The molecular formula is C29H26ClN5O8. The predicted molar refractivity (Wildman–Crippen MR) is 156 cm³/mol. The Hall–Kier alpha value is -5.30. The molecule has 1 aromatic heterocycles. The van der Waals surface area contributed by atoms with Gasteiger partial charge in [-0.05, 0) is 36.6 Å². The van der Waals surface area contributed by atoms with E-state index in [2.05, 4.69) is 15.3 Å². The molecule has 2 heterocycles. The number of carbonyl (C=O) groups excluding carboxylic acids is 2. The summed E-state index contributed by atoms with van der Waals surface area (Å²) in [5.41, 5.74) is 0.633. The van der Waals surface area contributed by atoms with Crippen LogP contribution in [0.4, 0.5) is 11.4 Å². The number of allylic oxidation sites excluding steroid dienone is 2. The van der Waals surface area contributed by atoms with Gasteiger partial charge in [-0.3, -0.25) is 20.2 Å². The first-order chi connectivity index (χ1) is 20.5. The Bertz CT molecular complexity index is 1680. The highest BCUT2D eigenvalue weighted by molar-refractivity contribution is 6.33. The SMILES string of the molecule is COC(=O)C1=C(C)NC(C)=C(C(=O)OCC=Cc2ccc(Cc3ncc[nH]3)cc2)C1c1cc([N+](=O)[O-])cc([N+](=O)[O-])c1Cl. The molecule has 0 radical (unpaired) electrons. The van der Waals surface area contributed by atoms with Crippen LogP contribution in [0.25, 0.3) is 6.08 Å². The lowest BCUT2D eigenvalue weighted by atomic mass is 9.80. The number of hydrogen-bond donors (Lipinski definition) is 2. The zero-order valence-electron chi connectivity index (χ0n) is 23.3. The van der Waals surface area contributed by atoms with Gasteiger partial charge in [-0.1, -0.05) is 41.9 Å². The second kappa shape index (κ2) is 13.1. The van der Waals surface area contributed by atoms with Gasteiger partial charge in [-0.25, -0.2) is 14.6 Å². The molecule has 0 saturated carbocycles. The zero-order valence-corrected chi connectivity index (χ0v) is 24.0. The van der Waals surface area contributed by atoms with Gasteiger partial charge in [0.05, 0.1) is 40.1 Å². The number of H-pyrrole nitrogens is 1. The first-order valence-electron chi connectivity index (χ1n) is 12.8. The minimum Gasteiger partial charge on any atom is -0.466 e. The smallest absolute Gasteiger partial charge is 0.337 e. The minimum atomic E-state index is -1.36. The van der Waals surface area contributed by atoms with Crippen molar-refractivity contribution in [3.05, 3.63) is 125 Å². The number of methoxy groups -OCH3 is 1. The van der Waals surface area contributed by atoms with Crippen molar-refractivity contribution in [1.29, 1.82) is 0 Å². The van der Waals surface area contributed by atoms with E-state index in [0.717, 1.165) is 30.1 Å². The molecule has 2 N–H and O–H groups in total. The molecule has 3 aromatic rings. The molecule has 0 spiro atoms. The number of non-ortho nitro benzene ring substituents is 1. The molecule has 0 bridgehead atoms. The molecule has 0 aliphatic carbocycles. The monoisotopic (exact) mass is 607 g/mol. The average Bonchev–Trinajstić information content (AvgIpc) is 3.48. The van der Waals surface area contributed by atoms with Crippen LogP contribution in [-0.4, -0.2) is 45.5 Å². The Balaban J connectivity index is 1.62. The van der Waals surface area contributed by atoms with Gasteiger partial charge >= 0.3 is 11.9 Å². The number of hydrogen-bond acceptors (Lipinski definition) is 10. The second-order valence-corrected chi connectivity index (χ2v) is 9.84. The van der Waals surface area contributed by atoms with Crippen LogP contribution in [-0.2, 0) is 25.5 Å². The Kier molecular flexibility index (Phi) is 9.36. The maximum absolute atomic E-state index is 13.5. The predicted octanol–water partition coefficient (Wildman–Crippen LogP) is 5.13. The second-order valence-electron chi connectivity index (χ2n) is 9.46. The Labute approximate surface area is 250 Å². The van der Waals surface area contributed by atoms with Crippen LogP contribution in [0.1, 0.15) is 42.3 Å². The van der Waals surface area contributed by atoms with Gasteiger partial charge in [0.15, 0.2) is 0 Å². The Morgan fingerprint density at radius 2 is 1.72 bits per heavy atom. The molecule has 2 aromatic carbocycles. The number of aromatic nitrogens is 2. The van der Waals surface area contributed by atoms with Crippen molar-refractivity contribution in [3.63, 3.8) is 0 Å². The molecular weight excluding hydrogens is 582 g/mol. The molecule has 14 heteroatoms. The number of esters is 2. The fourth-order valence-corrected chi connectivity index (χ4v) is 5.03. The molecule has 0 fully saturated rings. The third kappa shape index (κ3) is 6.79. The van der Waals surface area contributed by atoms with Crippen LogP contribution < -0.4 is 5.32 Å². The number of halogens is 1. The van der Waals surface area contributed by atoms with E-state index in [-0.39, 0.29) is 34.7 Å². The standard InChI is InChI=1S/C29H26ClN5O8/c1-16-24(28(36)42-3)26(21-14-20(34(38)39)15-22(27(21)30)35(40)41)25(17(2)33-16)29(37)43-12-4-5-18-6-8-19(9-7-18)13-23-31-10-11-32-23/h4-11,14-15,26,33H,12-13H2,1-3H3,(H,31,32). The van der Waals surface area contributed by atoms with Crippen molar-refractivity contribution in [2.24, 2.45) is 0 Å². The summed E-state index contributed by atoms with van der Waals surface area (Å²) in [5, 5.41) is 25.8. The van der Waals surface area contributed by atoms with E-state index in [1.165, 1.54) is 6.92 Å². The van der Waals surface area contributed by atoms with Gasteiger partial charge in [0, 0.05) is 36.3 Å². The van der Waals surface area contributed by atoms with Gasteiger partial charge in [-0.2, -0.15) is 0 Å². The summed E-state index contributed by atoms with van der Waals surface area (Å²) >= 11 is 6.39. The molecule has 222 valence electrons. The van der Waals surface area contributed by atoms with Crippen molar-refractivity contribution >= 4 is 41.0 Å². The number of benzene rings is 2. The topological polar surface area (TPSA) is 180 Å².